The van der Waals surface area contributed by atoms with E-state index in [4.69, 9.17) is 14.2 Å². The first-order valence-corrected chi connectivity index (χ1v) is 9.00. The van der Waals surface area contributed by atoms with E-state index in [1.54, 1.807) is 13.0 Å². The summed E-state index contributed by atoms with van der Waals surface area (Å²) in [4.78, 5) is 11.9. The normalized spacial score (nSPS) is 21.5. The minimum Gasteiger partial charge on any atom is -0.488 e. The lowest BCUT2D eigenvalue weighted by Crippen LogP contribution is -2.13. The number of benzene rings is 2. The molecule has 0 aromatic heterocycles. The zero-order chi connectivity index (χ0) is 21.6. The fourth-order valence-corrected chi connectivity index (χ4v) is 3.51. The van der Waals surface area contributed by atoms with Crippen LogP contribution in [0.5, 0.6) is 23.0 Å². The molecule has 10 heteroatoms. The number of rotatable bonds is 6. The molecule has 1 heterocycles. The molecule has 2 aromatic carbocycles. The lowest BCUT2D eigenvalue weighted by Gasteiger charge is -2.15. The summed E-state index contributed by atoms with van der Waals surface area (Å²) >= 11 is 0. The molecular weight excluding hydrogens is 415 g/mol. The molecule has 1 saturated carbocycles. The summed E-state index contributed by atoms with van der Waals surface area (Å²) in [6, 6.07) is 6.71. The van der Waals surface area contributed by atoms with Gasteiger partial charge in [-0.1, -0.05) is 6.07 Å². The van der Waals surface area contributed by atoms with Gasteiger partial charge in [-0.2, -0.15) is 22.0 Å². The minimum atomic E-state index is -4.73. The second kappa shape index (κ2) is 7.33. The number of fused-ring (bicyclic) bond motifs is 3. The smallest absolute Gasteiger partial charge is 0.416 e. The fourth-order valence-electron chi connectivity index (χ4n) is 3.51. The van der Waals surface area contributed by atoms with Crippen molar-refractivity contribution < 1.29 is 45.7 Å². The SMILES string of the molecule is CCOC(=O)[C@H]1C2Oc3cc(Oc4ccc(C(F)(F)F)cc4OC(F)F)ccc3C21. The molecule has 0 saturated heterocycles. The van der Waals surface area contributed by atoms with E-state index in [9.17, 15) is 26.7 Å². The number of ether oxygens (including phenoxy) is 4. The Morgan fingerprint density at radius 3 is 2.57 bits per heavy atom. The van der Waals surface area contributed by atoms with Crippen LogP contribution >= 0.6 is 0 Å². The first-order chi connectivity index (χ1) is 14.2. The molecule has 4 rings (SSSR count). The van der Waals surface area contributed by atoms with E-state index in [1.807, 2.05) is 0 Å². The summed E-state index contributed by atoms with van der Waals surface area (Å²) in [5.74, 6) is -1.28. The van der Waals surface area contributed by atoms with E-state index in [-0.39, 0.29) is 42.0 Å². The molecule has 2 unspecified atom stereocenters. The first-order valence-electron chi connectivity index (χ1n) is 9.00. The molecule has 0 spiro atoms. The summed E-state index contributed by atoms with van der Waals surface area (Å²) in [5, 5.41) is 0. The Bertz CT molecular complexity index is 975. The highest BCUT2D eigenvalue weighted by Gasteiger charge is 2.63. The molecule has 1 aliphatic heterocycles. The second-order valence-electron chi connectivity index (χ2n) is 6.73. The van der Waals surface area contributed by atoms with Crippen molar-refractivity contribution in [3.63, 3.8) is 0 Å². The Labute approximate surface area is 167 Å². The van der Waals surface area contributed by atoms with Gasteiger partial charge in [0.1, 0.15) is 23.5 Å². The molecule has 0 bridgehead atoms. The average Bonchev–Trinajstić information content (AvgIpc) is 3.24. The van der Waals surface area contributed by atoms with Crippen molar-refractivity contribution in [1.29, 1.82) is 0 Å². The lowest BCUT2D eigenvalue weighted by atomic mass is 10.1. The maximum absolute atomic E-state index is 12.9. The Hall–Kier alpha value is -3.04. The van der Waals surface area contributed by atoms with Crippen LogP contribution < -0.4 is 14.2 Å². The maximum Gasteiger partial charge on any atom is 0.416 e. The predicted molar refractivity (Wildman–Crippen MR) is 91.9 cm³/mol. The van der Waals surface area contributed by atoms with Crippen molar-refractivity contribution >= 4 is 5.97 Å². The fraction of sp³-hybridized carbons (Fsp3) is 0.350. The molecule has 30 heavy (non-hydrogen) atoms. The number of esters is 1. The first kappa shape index (κ1) is 20.2. The van der Waals surface area contributed by atoms with E-state index in [1.165, 1.54) is 12.1 Å². The van der Waals surface area contributed by atoms with Crippen LogP contribution in [0.4, 0.5) is 22.0 Å². The highest BCUT2D eigenvalue weighted by atomic mass is 19.4. The van der Waals surface area contributed by atoms with Crippen LogP contribution in [0.2, 0.25) is 0 Å². The van der Waals surface area contributed by atoms with Crippen LogP contribution in [-0.2, 0) is 15.7 Å². The second-order valence-corrected chi connectivity index (χ2v) is 6.73. The number of halogens is 5. The van der Waals surface area contributed by atoms with Gasteiger partial charge < -0.3 is 18.9 Å². The number of carbonyl (C=O) groups is 1. The molecular formula is C20H15F5O5. The standard InChI is InChI=1S/C20H15F5O5/c1-2-27-18(26)16-15-11-5-4-10(8-13(11)29-17(15)16)28-12-6-3-9(20(23,24)25)7-14(12)30-19(21)22/h3-8,15-17,19H,2H2,1H3/t15?,16-,17?/m1/s1. The van der Waals surface area contributed by atoms with Crippen LogP contribution in [0, 0.1) is 5.92 Å². The molecule has 1 fully saturated rings. The Morgan fingerprint density at radius 2 is 1.90 bits per heavy atom. The summed E-state index contributed by atoms with van der Waals surface area (Å²) in [7, 11) is 0. The number of hydrogen-bond donors (Lipinski definition) is 0. The van der Waals surface area contributed by atoms with Crippen molar-refractivity contribution in [2.24, 2.45) is 5.92 Å². The summed E-state index contributed by atoms with van der Waals surface area (Å²) in [6.45, 7) is -1.35. The largest absolute Gasteiger partial charge is 0.488 e. The Balaban J connectivity index is 1.54. The van der Waals surface area contributed by atoms with Gasteiger partial charge in [0, 0.05) is 17.5 Å². The van der Waals surface area contributed by atoms with Crippen molar-refractivity contribution in [2.45, 2.75) is 31.7 Å². The van der Waals surface area contributed by atoms with Gasteiger partial charge in [-0.15, -0.1) is 0 Å². The average molecular weight is 430 g/mol. The zero-order valence-electron chi connectivity index (χ0n) is 15.4. The summed E-state index contributed by atoms with van der Waals surface area (Å²) in [6.07, 6.45) is -5.06. The zero-order valence-corrected chi connectivity index (χ0v) is 15.4. The van der Waals surface area contributed by atoms with Crippen LogP contribution in [-0.4, -0.2) is 25.3 Å². The maximum atomic E-state index is 12.9. The van der Waals surface area contributed by atoms with Crippen LogP contribution in [0.3, 0.4) is 0 Å². The van der Waals surface area contributed by atoms with Crippen molar-refractivity contribution in [1.82, 2.24) is 0 Å². The van der Waals surface area contributed by atoms with Crippen molar-refractivity contribution in [3.8, 4) is 23.0 Å². The molecule has 0 N–H and O–H groups in total. The van der Waals surface area contributed by atoms with Gasteiger partial charge in [-0.05, 0) is 31.2 Å². The Kier molecular flexibility index (Phi) is 4.95. The van der Waals surface area contributed by atoms with Crippen LogP contribution in [0.1, 0.15) is 24.0 Å². The third-order valence-electron chi connectivity index (χ3n) is 4.83. The molecule has 2 aromatic rings. The van der Waals surface area contributed by atoms with Gasteiger partial charge in [0.15, 0.2) is 11.5 Å². The predicted octanol–water partition coefficient (Wildman–Crippen LogP) is 5.14. The Morgan fingerprint density at radius 1 is 1.13 bits per heavy atom. The highest BCUT2D eigenvalue weighted by Crippen LogP contribution is 2.59. The van der Waals surface area contributed by atoms with Crippen molar-refractivity contribution in [3.05, 3.63) is 47.5 Å². The molecule has 1 aliphatic carbocycles. The number of carbonyl (C=O) groups excluding carboxylic acids is 1. The van der Waals surface area contributed by atoms with E-state index < -0.39 is 24.1 Å². The number of hydrogen-bond acceptors (Lipinski definition) is 5. The molecule has 160 valence electrons. The summed E-state index contributed by atoms with van der Waals surface area (Å²) in [5.41, 5.74) is -0.366. The van der Waals surface area contributed by atoms with Gasteiger partial charge in [-0.3, -0.25) is 4.79 Å². The van der Waals surface area contributed by atoms with E-state index in [2.05, 4.69) is 4.74 Å². The number of alkyl halides is 5. The lowest BCUT2D eigenvalue weighted by molar-refractivity contribution is -0.145. The quantitative estimate of drug-likeness (QED) is 0.470. The van der Waals surface area contributed by atoms with Crippen molar-refractivity contribution in [2.75, 3.05) is 6.61 Å². The van der Waals surface area contributed by atoms with Gasteiger partial charge >= 0.3 is 18.8 Å². The minimum absolute atomic E-state index is 0.128. The molecule has 0 radical (unpaired) electrons. The third-order valence-corrected chi connectivity index (χ3v) is 4.83. The monoisotopic (exact) mass is 430 g/mol. The van der Waals surface area contributed by atoms with Crippen LogP contribution in [0.15, 0.2) is 36.4 Å². The van der Waals surface area contributed by atoms with Gasteiger partial charge in [0.05, 0.1) is 12.2 Å². The highest BCUT2D eigenvalue weighted by molar-refractivity contribution is 5.80. The molecule has 2 aliphatic rings. The summed E-state index contributed by atoms with van der Waals surface area (Å²) < 4.78 is 84.2. The topological polar surface area (TPSA) is 54.0 Å². The van der Waals surface area contributed by atoms with Gasteiger partial charge in [0.25, 0.3) is 0 Å². The molecule has 3 atom stereocenters. The van der Waals surface area contributed by atoms with E-state index in [0.717, 1.165) is 11.6 Å². The van der Waals surface area contributed by atoms with E-state index >= 15 is 0 Å². The molecule has 5 nitrogen and oxygen atoms in total. The third kappa shape index (κ3) is 3.73. The van der Waals surface area contributed by atoms with Crippen LogP contribution in [0.25, 0.3) is 0 Å². The van der Waals surface area contributed by atoms with Gasteiger partial charge in [-0.25, -0.2) is 0 Å². The van der Waals surface area contributed by atoms with E-state index in [0.29, 0.717) is 17.9 Å². The van der Waals surface area contributed by atoms with Gasteiger partial charge in [0.2, 0.25) is 0 Å². The molecule has 0 amide bonds.